The number of rotatable bonds is 7. The summed E-state index contributed by atoms with van der Waals surface area (Å²) in [5.74, 6) is 0.639. The Hall–Kier alpha value is -1.26. The summed E-state index contributed by atoms with van der Waals surface area (Å²) >= 11 is 0. The smallest absolute Gasteiger partial charge is 0.139 e. The number of hydrogen-bond donors (Lipinski definition) is 1. The molecule has 2 N–H and O–H groups in total. The molecule has 1 rings (SSSR count). The molecule has 0 saturated heterocycles. The van der Waals surface area contributed by atoms with Crippen molar-refractivity contribution >= 4 is 23.3 Å². The van der Waals surface area contributed by atoms with Crippen molar-refractivity contribution in [1.82, 2.24) is 0 Å². The van der Waals surface area contributed by atoms with Gasteiger partial charge in [-0.3, -0.25) is 0 Å². The Bertz CT molecular complexity index is 441. The fourth-order valence-electron chi connectivity index (χ4n) is 1.45. The normalized spacial score (nSPS) is 13.4. The second-order valence-electron chi connectivity index (χ2n) is 3.90. The molecule has 0 aromatic heterocycles. The third-order valence-corrected chi connectivity index (χ3v) is 3.48. The molecule has 0 saturated carbocycles. The topological polar surface area (TPSA) is 55.5 Å². The zero-order chi connectivity index (χ0) is 13.2. The lowest BCUT2D eigenvalue weighted by Gasteiger charge is -2.00. The predicted octanol–water partition coefficient (Wildman–Crippen LogP) is 2.69. The maximum atomic E-state index is 11.4. The van der Waals surface area contributed by atoms with Crippen molar-refractivity contribution in [3.8, 4) is 0 Å². The molecule has 18 heavy (non-hydrogen) atoms. The summed E-state index contributed by atoms with van der Waals surface area (Å²) in [4.78, 5) is 0. The molecular weight excluding hydrogens is 244 g/mol. The van der Waals surface area contributed by atoms with Gasteiger partial charge in [-0.25, -0.2) is 4.21 Å². The minimum absolute atomic E-state index is 0.514. The second kappa shape index (κ2) is 8.78. The van der Waals surface area contributed by atoms with E-state index in [1.165, 1.54) is 0 Å². The Balaban J connectivity index is 2.54. The van der Waals surface area contributed by atoms with Crippen LogP contribution < -0.4 is 5.73 Å². The zero-order valence-electron chi connectivity index (χ0n) is 10.7. The molecule has 1 unspecified atom stereocenters. The molecule has 1 aromatic rings. The summed E-state index contributed by atoms with van der Waals surface area (Å²) in [7, 11) is -1.09. The first kappa shape index (κ1) is 14.8. The van der Waals surface area contributed by atoms with Crippen molar-refractivity contribution in [2.45, 2.75) is 26.3 Å². The van der Waals surface area contributed by atoms with Gasteiger partial charge in [0.25, 0.3) is 0 Å². The van der Waals surface area contributed by atoms with E-state index in [1.54, 1.807) is 12.3 Å². The van der Waals surface area contributed by atoms with Crippen molar-refractivity contribution in [3.63, 3.8) is 0 Å². The molecule has 0 fully saturated rings. The van der Waals surface area contributed by atoms with Crippen LogP contribution in [0.1, 0.15) is 30.9 Å². The van der Waals surface area contributed by atoms with E-state index >= 15 is 0 Å². The van der Waals surface area contributed by atoms with E-state index in [1.807, 2.05) is 30.3 Å². The van der Waals surface area contributed by atoms with Gasteiger partial charge < -0.3 is 5.73 Å². The number of nitrogens with two attached hydrogens (primary N) is 1. The molecule has 3 nitrogen and oxygen atoms in total. The summed E-state index contributed by atoms with van der Waals surface area (Å²) < 4.78 is 15.4. The molecule has 4 heteroatoms. The molecule has 0 aliphatic heterocycles. The van der Waals surface area contributed by atoms with Crippen molar-refractivity contribution in [2.24, 2.45) is 10.1 Å². The lowest BCUT2D eigenvalue weighted by atomic mass is 10.1. The molecule has 0 radical (unpaired) electrons. The summed E-state index contributed by atoms with van der Waals surface area (Å²) in [6, 6.07) is 7.93. The molecule has 98 valence electrons. The van der Waals surface area contributed by atoms with Crippen LogP contribution in [0.15, 0.2) is 34.7 Å². The maximum Gasteiger partial charge on any atom is 0.139 e. The Kier molecular flexibility index (Phi) is 7.22. The van der Waals surface area contributed by atoms with Gasteiger partial charge in [-0.15, -0.1) is 0 Å². The summed E-state index contributed by atoms with van der Waals surface area (Å²) in [5.41, 5.74) is 7.81. The SMILES string of the molecule is CCCCS(=O)N=C/C=C/c1ccccc1CN. The van der Waals surface area contributed by atoms with Crippen molar-refractivity contribution in [3.05, 3.63) is 41.5 Å². The highest BCUT2D eigenvalue weighted by Gasteiger charge is 1.94. The summed E-state index contributed by atoms with van der Waals surface area (Å²) in [5, 5.41) is 0. The first-order valence-corrected chi connectivity index (χ1v) is 7.42. The average molecular weight is 264 g/mol. The second-order valence-corrected chi connectivity index (χ2v) is 5.16. The van der Waals surface area contributed by atoms with Gasteiger partial charge >= 0.3 is 0 Å². The first-order valence-electron chi connectivity index (χ1n) is 6.15. The fourth-order valence-corrected chi connectivity index (χ4v) is 2.30. The van der Waals surface area contributed by atoms with E-state index in [0.717, 1.165) is 24.0 Å². The van der Waals surface area contributed by atoms with Gasteiger partial charge in [0, 0.05) is 18.5 Å². The number of unbranched alkanes of at least 4 members (excludes halogenated alkanes) is 1. The standard InChI is InChI=1S/C14H20N2OS/c1-2-3-11-18(17)16-10-6-9-13-7-4-5-8-14(13)12-15/h4-10H,2-3,11-12,15H2,1H3/b9-6+,16-10?. The van der Waals surface area contributed by atoms with E-state index in [-0.39, 0.29) is 0 Å². The van der Waals surface area contributed by atoms with Crippen LogP contribution in [0.5, 0.6) is 0 Å². The van der Waals surface area contributed by atoms with Crippen LogP contribution in [0.4, 0.5) is 0 Å². The van der Waals surface area contributed by atoms with Crippen LogP contribution >= 0.6 is 0 Å². The minimum atomic E-state index is -1.09. The van der Waals surface area contributed by atoms with E-state index in [4.69, 9.17) is 5.73 Å². The van der Waals surface area contributed by atoms with Gasteiger partial charge in [-0.1, -0.05) is 43.7 Å². The van der Waals surface area contributed by atoms with Gasteiger partial charge in [-0.05, 0) is 23.6 Å². The molecule has 0 spiro atoms. The summed E-state index contributed by atoms with van der Waals surface area (Å²) in [6.07, 6.45) is 7.32. The van der Waals surface area contributed by atoms with Crippen molar-refractivity contribution in [2.75, 3.05) is 5.75 Å². The molecule has 0 heterocycles. The van der Waals surface area contributed by atoms with Gasteiger partial charge in [-0.2, -0.15) is 4.40 Å². The summed E-state index contributed by atoms with van der Waals surface area (Å²) in [6.45, 7) is 2.59. The fraction of sp³-hybridized carbons (Fsp3) is 0.357. The van der Waals surface area contributed by atoms with Crippen LogP contribution in [0, 0.1) is 0 Å². The molecular formula is C14H20N2OS. The Labute approximate surface area is 111 Å². The molecule has 0 aliphatic rings. The van der Waals surface area contributed by atoms with Gasteiger partial charge in [0.2, 0.25) is 0 Å². The third kappa shape index (κ3) is 5.38. The zero-order valence-corrected chi connectivity index (χ0v) is 11.5. The number of benzene rings is 1. The van der Waals surface area contributed by atoms with E-state index in [9.17, 15) is 4.21 Å². The number of nitrogens with zero attached hydrogens (tertiary/aromatic N) is 1. The molecule has 0 bridgehead atoms. The first-order chi connectivity index (χ1) is 8.77. The molecule has 0 aliphatic carbocycles. The van der Waals surface area contributed by atoms with Crippen LogP contribution in [0.25, 0.3) is 6.08 Å². The quantitative estimate of drug-likeness (QED) is 0.770. The maximum absolute atomic E-state index is 11.4. The highest BCUT2D eigenvalue weighted by Crippen LogP contribution is 2.09. The Morgan fingerprint density at radius 3 is 2.89 bits per heavy atom. The van der Waals surface area contributed by atoms with Gasteiger partial charge in [0.05, 0.1) is 0 Å². The van der Waals surface area contributed by atoms with Crippen molar-refractivity contribution < 1.29 is 4.21 Å². The lowest BCUT2D eigenvalue weighted by Crippen LogP contribution is -1.98. The van der Waals surface area contributed by atoms with Crippen molar-refractivity contribution in [1.29, 1.82) is 0 Å². The van der Waals surface area contributed by atoms with Crippen LogP contribution in [0.2, 0.25) is 0 Å². The van der Waals surface area contributed by atoms with Gasteiger partial charge in [0.15, 0.2) is 0 Å². The number of hydrogen-bond acceptors (Lipinski definition) is 2. The molecule has 1 aromatic carbocycles. The lowest BCUT2D eigenvalue weighted by molar-refractivity contribution is 0.681. The predicted molar refractivity (Wildman–Crippen MR) is 79.8 cm³/mol. The average Bonchev–Trinajstić information content (AvgIpc) is 2.41. The van der Waals surface area contributed by atoms with Crippen LogP contribution in [-0.2, 0) is 17.5 Å². The molecule has 1 atom stereocenters. The number of allylic oxidation sites excluding steroid dienone is 1. The van der Waals surface area contributed by atoms with Crippen LogP contribution in [-0.4, -0.2) is 16.2 Å². The Morgan fingerprint density at radius 2 is 2.17 bits per heavy atom. The highest BCUT2D eigenvalue weighted by atomic mass is 32.2. The minimum Gasteiger partial charge on any atom is -0.326 e. The van der Waals surface area contributed by atoms with Crippen LogP contribution in [0.3, 0.4) is 0 Å². The van der Waals surface area contributed by atoms with E-state index < -0.39 is 11.0 Å². The largest absolute Gasteiger partial charge is 0.326 e. The van der Waals surface area contributed by atoms with Gasteiger partial charge in [0.1, 0.15) is 11.0 Å². The Morgan fingerprint density at radius 1 is 1.39 bits per heavy atom. The van der Waals surface area contributed by atoms with E-state index in [0.29, 0.717) is 12.3 Å². The molecule has 0 amide bonds. The van der Waals surface area contributed by atoms with E-state index in [2.05, 4.69) is 11.3 Å². The third-order valence-electron chi connectivity index (χ3n) is 2.49. The highest BCUT2D eigenvalue weighted by molar-refractivity contribution is 7.83. The monoisotopic (exact) mass is 264 g/mol.